The lowest BCUT2D eigenvalue weighted by Crippen LogP contribution is -2.50. The topological polar surface area (TPSA) is 60.4 Å². The molecule has 2 aliphatic rings. The van der Waals surface area contributed by atoms with Gasteiger partial charge in [0.25, 0.3) is 0 Å². The van der Waals surface area contributed by atoms with Gasteiger partial charge in [0.1, 0.15) is 5.82 Å². The van der Waals surface area contributed by atoms with Crippen LogP contribution in [-0.2, 0) is 22.6 Å². The minimum absolute atomic E-state index is 0.0860. The molecule has 0 unspecified atom stereocenters. The second kappa shape index (κ2) is 11.4. The first-order valence-corrected chi connectivity index (χ1v) is 11.3. The Balaban J connectivity index is 1.59. The van der Waals surface area contributed by atoms with Crippen LogP contribution in [-0.4, -0.2) is 86.6 Å². The van der Waals surface area contributed by atoms with Crippen LogP contribution in [0.2, 0.25) is 0 Å². The normalized spacial score (nSPS) is 18.5. The van der Waals surface area contributed by atoms with Crippen LogP contribution in [0.4, 0.5) is 4.39 Å². The zero-order chi connectivity index (χ0) is 22.2. The molecule has 2 saturated heterocycles. The summed E-state index contributed by atoms with van der Waals surface area (Å²) in [7, 11) is 3.86. The van der Waals surface area contributed by atoms with Gasteiger partial charge in [0.05, 0.1) is 19.8 Å². The first-order chi connectivity index (χ1) is 15.0. The molecule has 31 heavy (non-hydrogen) atoms. The van der Waals surface area contributed by atoms with Gasteiger partial charge in [0, 0.05) is 50.7 Å². The number of amides is 1. The van der Waals surface area contributed by atoms with Crippen LogP contribution in [0.5, 0.6) is 0 Å². The monoisotopic (exact) mass is 433 g/mol. The quantitative estimate of drug-likeness (QED) is 0.549. The molecule has 0 radical (unpaired) electrons. The standard InChI is InChI=1S/C23H36FN5O2/c1-4-25-23(26-16-18-5-6-21(24)20(15-18)17-27(2)3)29-9-7-19(8-10-29)22(30)28-11-13-31-14-12-28/h5-6,15,19H,4,7-14,16-17H2,1-3H3,(H,25,26). The molecule has 0 saturated carbocycles. The van der Waals surface area contributed by atoms with E-state index in [1.807, 2.05) is 30.0 Å². The van der Waals surface area contributed by atoms with Crippen molar-refractivity contribution in [1.82, 2.24) is 20.0 Å². The van der Waals surface area contributed by atoms with E-state index in [1.54, 1.807) is 6.07 Å². The number of carbonyl (C=O) groups excluding carboxylic acids is 1. The summed E-state index contributed by atoms with van der Waals surface area (Å²) in [5.74, 6) is 1.03. The Bertz CT molecular complexity index is 756. The molecule has 1 amide bonds. The van der Waals surface area contributed by atoms with E-state index in [2.05, 4.69) is 17.1 Å². The Labute approximate surface area is 185 Å². The number of carbonyl (C=O) groups is 1. The minimum atomic E-state index is -0.180. The molecule has 0 spiro atoms. The van der Waals surface area contributed by atoms with E-state index in [9.17, 15) is 9.18 Å². The first-order valence-electron chi connectivity index (χ1n) is 11.3. The minimum Gasteiger partial charge on any atom is -0.378 e. The van der Waals surface area contributed by atoms with Crippen LogP contribution in [0.25, 0.3) is 0 Å². The van der Waals surface area contributed by atoms with E-state index in [1.165, 1.54) is 6.07 Å². The summed E-state index contributed by atoms with van der Waals surface area (Å²) in [6, 6.07) is 5.23. The zero-order valence-electron chi connectivity index (χ0n) is 19.1. The maximum absolute atomic E-state index is 14.1. The Morgan fingerprint density at radius 2 is 1.90 bits per heavy atom. The molecule has 2 aliphatic heterocycles. The van der Waals surface area contributed by atoms with Gasteiger partial charge in [0.15, 0.2) is 5.96 Å². The molecule has 1 aromatic rings. The van der Waals surface area contributed by atoms with Crippen molar-refractivity contribution < 1.29 is 13.9 Å². The first kappa shape index (κ1) is 23.5. The molecule has 0 atom stereocenters. The molecule has 0 aromatic heterocycles. The number of hydrogen-bond acceptors (Lipinski definition) is 4. The number of nitrogens with zero attached hydrogens (tertiary/aromatic N) is 4. The summed E-state index contributed by atoms with van der Waals surface area (Å²) in [5.41, 5.74) is 1.68. The van der Waals surface area contributed by atoms with Crippen molar-refractivity contribution in [3.63, 3.8) is 0 Å². The third kappa shape index (κ3) is 6.64. The number of piperidine rings is 1. The SMILES string of the molecule is CCNC(=NCc1ccc(F)c(CN(C)C)c1)N1CCC(C(=O)N2CCOCC2)CC1. The average molecular weight is 434 g/mol. The van der Waals surface area contributed by atoms with E-state index in [0.717, 1.165) is 44.0 Å². The van der Waals surface area contributed by atoms with Crippen molar-refractivity contribution in [2.75, 3.05) is 60.0 Å². The Kier molecular flexibility index (Phi) is 8.66. The maximum atomic E-state index is 14.1. The van der Waals surface area contributed by atoms with Gasteiger partial charge in [-0.15, -0.1) is 0 Å². The van der Waals surface area contributed by atoms with Gasteiger partial charge in [-0.2, -0.15) is 0 Å². The van der Waals surface area contributed by atoms with Crippen molar-refractivity contribution in [2.24, 2.45) is 10.9 Å². The summed E-state index contributed by atoms with van der Waals surface area (Å²) in [5, 5.41) is 3.37. The van der Waals surface area contributed by atoms with Crippen LogP contribution in [0.1, 0.15) is 30.9 Å². The molecule has 7 nitrogen and oxygen atoms in total. The van der Waals surface area contributed by atoms with Gasteiger partial charge in [0.2, 0.25) is 5.91 Å². The van der Waals surface area contributed by atoms with E-state index in [4.69, 9.17) is 9.73 Å². The summed E-state index contributed by atoms with van der Waals surface area (Å²) >= 11 is 0. The Morgan fingerprint density at radius 3 is 2.55 bits per heavy atom. The predicted molar refractivity (Wildman–Crippen MR) is 120 cm³/mol. The Morgan fingerprint density at radius 1 is 1.19 bits per heavy atom. The zero-order valence-corrected chi connectivity index (χ0v) is 19.1. The fourth-order valence-corrected chi connectivity index (χ4v) is 4.16. The van der Waals surface area contributed by atoms with Crippen LogP contribution in [0, 0.1) is 11.7 Å². The highest BCUT2D eigenvalue weighted by Crippen LogP contribution is 2.21. The average Bonchev–Trinajstić information content (AvgIpc) is 2.78. The van der Waals surface area contributed by atoms with Crippen LogP contribution >= 0.6 is 0 Å². The van der Waals surface area contributed by atoms with Crippen LogP contribution < -0.4 is 5.32 Å². The van der Waals surface area contributed by atoms with Crippen LogP contribution in [0.15, 0.2) is 23.2 Å². The fourth-order valence-electron chi connectivity index (χ4n) is 4.16. The molecule has 2 fully saturated rings. The molecule has 1 aromatic carbocycles. The molecule has 3 rings (SSSR count). The second-order valence-electron chi connectivity index (χ2n) is 8.53. The third-order valence-corrected chi connectivity index (χ3v) is 5.81. The molecule has 0 bridgehead atoms. The van der Waals surface area contributed by atoms with E-state index in [0.29, 0.717) is 45.0 Å². The number of aliphatic imine (C=N–C) groups is 1. The van der Waals surface area contributed by atoms with Gasteiger partial charge >= 0.3 is 0 Å². The number of likely N-dealkylation sites (tertiary alicyclic amines) is 1. The molecule has 2 heterocycles. The van der Waals surface area contributed by atoms with E-state index < -0.39 is 0 Å². The van der Waals surface area contributed by atoms with Crippen molar-refractivity contribution >= 4 is 11.9 Å². The summed E-state index contributed by atoms with van der Waals surface area (Å²) in [4.78, 5) is 23.7. The molecule has 172 valence electrons. The smallest absolute Gasteiger partial charge is 0.225 e. The highest BCUT2D eigenvalue weighted by molar-refractivity contribution is 5.82. The number of halogens is 1. The number of benzene rings is 1. The number of rotatable bonds is 6. The van der Waals surface area contributed by atoms with Crippen molar-refractivity contribution in [2.45, 2.75) is 32.9 Å². The lowest BCUT2D eigenvalue weighted by Gasteiger charge is -2.36. The van der Waals surface area contributed by atoms with Crippen molar-refractivity contribution in [1.29, 1.82) is 0 Å². The van der Waals surface area contributed by atoms with Gasteiger partial charge in [-0.1, -0.05) is 6.07 Å². The number of hydrogen-bond donors (Lipinski definition) is 1. The second-order valence-corrected chi connectivity index (χ2v) is 8.53. The lowest BCUT2D eigenvalue weighted by atomic mass is 9.95. The van der Waals surface area contributed by atoms with Crippen LogP contribution in [0.3, 0.4) is 0 Å². The predicted octanol–water partition coefficient (Wildman–Crippen LogP) is 1.92. The van der Waals surface area contributed by atoms with Gasteiger partial charge in [-0.25, -0.2) is 9.38 Å². The van der Waals surface area contributed by atoms with Gasteiger partial charge in [-0.3, -0.25) is 4.79 Å². The van der Waals surface area contributed by atoms with Gasteiger partial charge in [-0.05, 0) is 51.6 Å². The largest absolute Gasteiger partial charge is 0.378 e. The number of nitrogens with one attached hydrogen (secondary N) is 1. The van der Waals surface area contributed by atoms with Crippen molar-refractivity contribution in [3.8, 4) is 0 Å². The molecule has 8 heteroatoms. The molecule has 0 aliphatic carbocycles. The highest BCUT2D eigenvalue weighted by Gasteiger charge is 2.30. The summed E-state index contributed by atoms with van der Waals surface area (Å²) < 4.78 is 19.4. The Hall–Kier alpha value is -2.19. The van der Waals surface area contributed by atoms with E-state index in [-0.39, 0.29) is 17.6 Å². The highest BCUT2D eigenvalue weighted by atomic mass is 19.1. The van der Waals surface area contributed by atoms with E-state index >= 15 is 0 Å². The van der Waals surface area contributed by atoms with Crippen molar-refractivity contribution in [3.05, 3.63) is 35.1 Å². The number of morpholine rings is 1. The summed E-state index contributed by atoms with van der Waals surface area (Å²) in [6.45, 7) is 8.20. The number of guanidine groups is 1. The maximum Gasteiger partial charge on any atom is 0.225 e. The lowest BCUT2D eigenvalue weighted by molar-refractivity contribution is -0.140. The summed E-state index contributed by atoms with van der Waals surface area (Å²) in [6.07, 6.45) is 1.67. The molecular weight excluding hydrogens is 397 g/mol. The number of ether oxygens (including phenoxy) is 1. The van der Waals surface area contributed by atoms with Gasteiger partial charge < -0.3 is 24.8 Å². The third-order valence-electron chi connectivity index (χ3n) is 5.81. The molecular formula is C23H36FN5O2. The molecule has 1 N–H and O–H groups in total. The fraction of sp³-hybridized carbons (Fsp3) is 0.652.